The number of amidine groups is 1. The summed E-state index contributed by atoms with van der Waals surface area (Å²) in [6.07, 6.45) is 5.48. The van der Waals surface area contributed by atoms with E-state index in [1.165, 1.54) is 49.4 Å². The number of thioether (sulfide) groups is 1. The molecular weight excluding hydrogens is 617 g/mol. The van der Waals surface area contributed by atoms with Crippen molar-refractivity contribution in [1.29, 1.82) is 0 Å². The molecule has 3 heterocycles. The highest BCUT2D eigenvalue weighted by molar-refractivity contribution is 8.04. The number of hydrogen-bond donors (Lipinski definition) is 1. The number of aliphatic imine (C=N–C) groups is 1. The first-order chi connectivity index (χ1) is 24.3. The van der Waals surface area contributed by atoms with Crippen molar-refractivity contribution >= 4 is 23.3 Å². The summed E-state index contributed by atoms with van der Waals surface area (Å²) < 4.78 is 6.98. The van der Waals surface area contributed by atoms with Gasteiger partial charge in [0.2, 0.25) is 0 Å². The normalized spacial score (nSPS) is 19.3. The number of benzene rings is 6. The summed E-state index contributed by atoms with van der Waals surface area (Å²) in [5.41, 5.74) is 11.7. The molecule has 0 amide bonds. The Labute approximate surface area is 290 Å². The summed E-state index contributed by atoms with van der Waals surface area (Å²) in [6.45, 7) is 0. The lowest BCUT2D eigenvalue weighted by Crippen LogP contribution is -2.32. The van der Waals surface area contributed by atoms with Crippen LogP contribution in [0.1, 0.15) is 56.7 Å². The monoisotopic (exact) mass is 648 g/mol. The SMILES string of the molecule is C1=C(C2=NC(c3ccccc3)=CC(c3ccccc3)N2)SC(c2cccc3c2Oc2ccccc2C32c3ccccc3-c3ccccc32)C1. The zero-order chi connectivity index (χ0) is 32.4. The number of allylic oxidation sites excluding steroid dienone is 1. The third-order valence-corrected chi connectivity index (χ3v) is 11.7. The van der Waals surface area contributed by atoms with Crippen molar-refractivity contribution in [3.8, 4) is 22.6 Å². The van der Waals surface area contributed by atoms with E-state index in [0.29, 0.717) is 0 Å². The van der Waals surface area contributed by atoms with Gasteiger partial charge in [0.15, 0.2) is 0 Å². The molecule has 4 heteroatoms. The van der Waals surface area contributed by atoms with E-state index in [9.17, 15) is 0 Å². The highest BCUT2D eigenvalue weighted by Crippen LogP contribution is 2.63. The van der Waals surface area contributed by atoms with Gasteiger partial charge in [0.1, 0.15) is 17.3 Å². The molecule has 6 aromatic carbocycles. The van der Waals surface area contributed by atoms with Gasteiger partial charge in [-0.3, -0.25) is 0 Å². The maximum absolute atomic E-state index is 6.98. The molecule has 0 aromatic heterocycles. The topological polar surface area (TPSA) is 33.6 Å². The molecule has 234 valence electrons. The molecule has 0 bridgehead atoms. The number of fused-ring (bicyclic) bond motifs is 9. The molecule has 6 aromatic rings. The van der Waals surface area contributed by atoms with Crippen molar-refractivity contribution in [3.63, 3.8) is 0 Å². The van der Waals surface area contributed by atoms with Gasteiger partial charge >= 0.3 is 0 Å². The van der Waals surface area contributed by atoms with Crippen molar-refractivity contribution in [2.45, 2.75) is 23.1 Å². The fourth-order valence-electron chi connectivity index (χ4n) is 8.23. The molecule has 0 fully saturated rings. The smallest absolute Gasteiger partial charge is 0.140 e. The third kappa shape index (κ3) is 4.34. The molecule has 0 radical (unpaired) electrons. The van der Waals surface area contributed by atoms with Crippen molar-refractivity contribution in [1.82, 2.24) is 5.32 Å². The van der Waals surface area contributed by atoms with Gasteiger partial charge < -0.3 is 10.1 Å². The van der Waals surface area contributed by atoms with Crippen molar-refractivity contribution < 1.29 is 4.74 Å². The van der Waals surface area contributed by atoms with E-state index in [0.717, 1.165) is 35.0 Å². The van der Waals surface area contributed by atoms with Gasteiger partial charge in [0, 0.05) is 26.8 Å². The van der Waals surface area contributed by atoms with Crippen molar-refractivity contribution in [2.24, 2.45) is 4.99 Å². The maximum Gasteiger partial charge on any atom is 0.140 e. The van der Waals surface area contributed by atoms with Gasteiger partial charge in [-0.1, -0.05) is 152 Å². The Balaban J connectivity index is 1.06. The van der Waals surface area contributed by atoms with Crippen LogP contribution in [0.4, 0.5) is 0 Å². The highest BCUT2D eigenvalue weighted by atomic mass is 32.2. The zero-order valence-electron chi connectivity index (χ0n) is 26.7. The minimum Gasteiger partial charge on any atom is -0.456 e. The molecule has 0 saturated carbocycles. The van der Waals surface area contributed by atoms with Gasteiger partial charge in [-0.15, -0.1) is 11.8 Å². The van der Waals surface area contributed by atoms with Crippen LogP contribution in [0.3, 0.4) is 0 Å². The third-order valence-electron chi connectivity index (χ3n) is 10.3. The van der Waals surface area contributed by atoms with Crippen molar-refractivity contribution in [3.05, 3.63) is 208 Å². The molecule has 3 aliphatic heterocycles. The molecule has 49 heavy (non-hydrogen) atoms. The number of ether oxygens (including phenoxy) is 1. The molecule has 1 aliphatic carbocycles. The molecular formula is C45H32N2OS. The summed E-state index contributed by atoms with van der Waals surface area (Å²) >= 11 is 1.88. The number of nitrogens with one attached hydrogen (secondary N) is 1. The summed E-state index contributed by atoms with van der Waals surface area (Å²) in [7, 11) is 0. The number of para-hydroxylation sites is 2. The lowest BCUT2D eigenvalue weighted by atomic mass is 9.65. The van der Waals surface area contributed by atoms with Crippen LogP contribution in [-0.2, 0) is 5.41 Å². The van der Waals surface area contributed by atoms with E-state index in [4.69, 9.17) is 9.73 Å². The Hall–Kier alpha value is -5.58. The fraction of sp³-hybridized carbons (Fsp3) is 0.0889. The summed E-state index contributed by atoms with van der Waals surface area (Å²) in [4.78, 5) is 6.38. The minimum absolute atomic E-state index is 0.0242. The summed E-state index contributed by atoms with van der Waals surface area (Å²) in [5, 5.41) is 3.96. The lowest BCUT2D eigenvalue weighted by Gasteiger charge is -2.40. The van der Waals surface area contributed by atoms with E-state index >= 15 is 0 Å². The molecule has 4 aliphatic rings. The quantitative estimate of drug-likeness (QED) is 0.206. The predicted molar refractivity (Wildman–Crippen MR) is 201 cm³/mol. The van der Waals surface area contributed by atoms with Crippen LogP contribution in [0.15, 0.2) is 174 Å². The molecule has 10 rings (SSSR count). The standard InChI is InChI=1S/C45H32N2OS/c1-3-14-29(15-4-1)38-28-39(30-16-5-2-6-17-30)47-44(46-38)42-27-26-41(49-42)33-20-13-24-37-43(33)48-40-25-12-11-23-36(40)45(37)34-21-9-7-18-31(34)32-19-8-10-22-35(32)45/h1-25,27-28,38,41H,26H2,(H,46,47). The fourth-order valence-corrected chi connectivity index (χ4v) is 9.45. The number of rotatable bonds is 4. The molecule has 2 unspecified atom stereocenters. The average molecular weight is 649 g/mol. The van der Waals surface area contributed by atoms with Crippen LogP contribution in [0.2, 0.25) is 0 Å². The predicted octanol–water partition coefficient (Wildman–Crippen LogP) is 11.0. The number of hydrogen-bond acceptors (Lipinski definition) is 4. The molecule has 1 N–H and O–H groups in total. The largest absolute Gasteiger partial charge is 0.456 e. The maximum atomic E-state index is 6.98. The Kier molecular flexibility index (Phi) is 6.53. The van der Waals surface area contributed by atoms with E-state index in [1.807, 2.05) is 11.8 Å². The Bertz CT molecular complexity index is 2310. The zero-order valence-corrected chi connectivity index (χ0v) is 27.5. The summed E-state index contributed by atoms with van der Waals surface area (Å²) in [5.74, 6) is 2.83. The van der Waals surface area contributed by atoms with Crippen LogP contribution in [-0.4, -0.2) is 5.84 Å². The second-order valence-corrected chi connectivity index (χ2v) is 14.2. The summed E-state index contributed by atoms with van der Waals surface area (Å²) in [6, 6.07) is 54.4. The van der Waals surface area contributed by atoms with Gasteiger partial charge in [0.25, 0.3) is 0 Å². The van der Waals surface area contributed by atoms with Crippen LogP contribution in [0.5, 0.6) is 11.5 Å². The molecule has 0 saturated heterocycles. The molecule has 1 spiro atoms. The average Bonchev–Trinajstić information content (AvgIpc) is 3.78. The van der Waals surface area contributed by atoms with Crippen LogP contribution in [0, 0.1) is 0 Å². The van der Waals surface area contributed by atoms with Gasteiger partial charge in [-0.05, 0) is 51.9 Å². The number of nitrogens with zero attached hydrogens (tertiary/aromatic N) is 1. The second kappa shape index (κ2) is 11.3. The highest BCUT2D eigenvalue weighted by Gasteiger charge is 2.51. The first kappa shape index (κ1) is 28.4. The Morgan fingerprint density at radius 2 is 1.27 bits per heavy atom. The lowest BCUT2D eigenvalue weighted by molar-refractivity contribution is 0.430. The minimum atomic E-state index is -0.458. The first-order valence-corrected chi connectivity index (χ1v) is 17.8. The second-order valence-electron chi connectivity index (χ2n) is 13.0. The van der Waals surface area contributed by atoms with Gasteiger partial charge in [-0.2, -0.15) is 0 Å². The van der Waals surface area contributed by atoms with Gasteiger partial charge in [-0.25, -0.2) is 4.99 Å². The van der Waals surface area contributed by atoms with Crippen molar-refractivity contribution in [2.75, 3.05) is 0 Å². The molecule has 3 nitrogen and oxygen atoms in total. The Morgan fingerprint density at radius 1 is 0.633 bits per heavy atom. The van der Waals surface area contributed by atoms with E-state index in [2.05, 4.69) is 169 Å². The van der Waals surface area contributed by atoms with Crippen LogP contribution >= 0.6 is 11.8 Å². The first-order valence-electron chi connectivity index (χ1n) is 16.9. The van der Waals surface area contributed by atoms with E-state index in [-0.39, 0.29) is 11.3 Å². The Morgan fingerprint density at radius 3 is 2.02 bits per heavy atom. The van der Waals surface area contributed by atoms with E-state index < -0.39 is 5.41 Å². The molecule has 2 atom stereocenters. The van der Waals surface area contributed by atoms with E-state index in [1.54, 1.807) is 0 Å². The van der Waals surface area contributed by atoms with Crippen LogP contribution in [0.25, 0.3) is 16.8 Å². The van der Waals surface area contributed by atoms with Gasteiger partial charge in [0.05, 0.1) is 17.2 Å². The van der Waals surface area contributed by atoms with Crippen LogP contribution < -0.4 is 10.1 Å².